The fraction of sp³-hybridized carbons (Fsp3) is 0.188. The molecule has 0 aliphatic rings. The van der Waals surface area contributed by atoms with Crippen LogP contribution in [0.2, 0.25) is 10.0 Å². The van der Waals surface area contributed by atoms with Gasteiger partial charge in [-0.05, 0) is 36.2 Å². The van der Waals surface area contributed by atoms with Crippen LogP contribution in [0.4, 0.5) is 0 Å². The Labute approximate surface area is 133 Å². The van der Waals surface area contributed by atoms with Crippen molar-refractivity contribution in [2.45, 2.75) is 19.4 Å². The highest BCUT2D eigenvalue weighted by Gasteiger charge is 2.21. The maximum Gasteiger partial charge on any atom is 0.345 e. The van der Waals surface area contributed by atoms with E-state index in [0.717, 1.165) is 11.1 Å². The second kappa shape index (κ2) is 6.83. The third-order valence-electron chi connectivity index (χ3n) is 3.04. The first-order valence-corrected chi connectivity index (χ1v) is 7.12. The molecule has 0 radical (unpaired) electrons. The number of carboxylic acid groups (broad SMARTS) is 1. The Hall–Kier alpha value is -1.71. The minimum absolute atomic E-state index is 0.209. The number of rotatable bonds is 5. The fourth-order valence-electron chi connectivity index (χ4n) is 1.85. The van der Waals surface area contributed by atoms with Crippen molar-refractivity contribution in [2.75, 3.05) is 0 Å². The van der Waals surface area contributed by atoms with E-state index >= 15 is 0 Å². The van der Waals surface area contributed by atoms with Crippen LogP contribution in [0, 0.1) is 6.92 Å². The summed E-state index contributed by atoms with van der Waals surface area (Å²) in [5.41, 5.74) is 1.74. The summed E-state index contributed by atoms with van der Waals surface area (Å²) < 4.78 is 5.51. The Morgan fingerprint density at radius 2 is 1.90 bits per heavy atom. The minimum atomic E-state index is -1.05. The van der Waals surface area contributed by atoms with Gasteiger partial charge in [-0.15, -0.1) is 0 Å². The average molecular weight is 325 g/mol. The Balaban J connectivity index is 2.18. The Kier molecular flexibility index (Phi) is 5.10. The van der Waals surface area contributed by atoms with Gasteiger partial charge in [-0.3, -0.25) is 0 Å². The molecule has 21 heavy (non-hydrogen) atoms. The number of aliphatic carboxylic acids is 1. The molecule has 0 fully saturated rings. The van der Waals surface area contributed by atoms with E-state index in [1.54, 1.807) is 30.3 Å². The van der Waals surface area contributed by atoms with Gasteiger partial charge in [-0.25, -0.2) is 4.79 Å². The molecule has 0 saturated heterocycles. The first kappa shape index (κ1) is 15.7. The van der Waals surface area contributed by atoms with E-state index in [9.17, 15) is 9.90 Å². The van der Waals surface area contributed by atoms with Crippen molar-refractivity contribution in [3.8, 4) is 5.75 Å². The molecule has 1 atom stereocenters. The summed E-state index contributed by atoms with van der Waals surface area (Å²) in [5.74, 6) is -0.698. The van der Waals surface area contributed by atoms with Crippen LogP contribution in [0.15, 0.2) is 42.5 Å². The summed E-state index contributed by atoms with van der Waals surface area (Å²) in [4.78, 5) is 11.4. The first-order chi connectivity index (χ1) is 9.97. The van der Waals surface area contributed by atoms with E-state index in [1.807, 2.05) is 19.1 Å². The summed E-state index contributed by atoms with van der Waals surface area (Å²) in [6.45, 7) is 1.89. The highest BCUT2D eigenvalue weighted by atomic mass is 35.5. The molecule has 0 saturated carbocycles. The molecule has 1 N–H and O–H groups in total. The number of hydrogen-bond acceptors (Lipinski definition) is 2. The number of ether oxygens (including phenoxy) is 1. The van der Waals surface area contributed by atoms with Crippen LogP contribution in [0.1, 0.15) is 11.1 Å². The maximum atomic E-state index is 11.4. The average Bonchev–Trinajstić information content (AvgIpc) is 2.44. The van der Waals surface area contributed by atoms with Gasteiger partial charge in [0.1, 0.15) is 5.75 Å². The molecule has 3 nitrogen and oxygen atoms in total. The molecular formula is C16H14Cl2O3. The molecule has 2 rings (SSSR count). The van der Waals surface area contributed by atoms with Crippen LogP contribution in [0.25, 0.3) is 0 Å². The number of aryl methyl sites for hydroxylation is 1. The lowest BCUT2D eigenvalue weighted by Gasteiger charge is -2.16. The molecular weight excluding hydrogens is 311 g/mol. The van der Waals surface area contributed by atoms with Crippen molar-refractivity contribution in [1.29, 1.82) is 0 Å². The van der Waals surface area contributed by atoms with Crippen molar-refractivity contribution in [2.24, 2.45) is 0 Å². The Morgan fingerprint density at radius 3 is 2.52 bits per heavy atom. The predicted molar refractivity (Wildman–Crippen MR) is 83.4 cm³/mol. The first-order valence-electron chi connectivity index (χ1n) is 6.36. The van der Waals surface area contributed by atoms with Crippen molar-refractivity contribution in [3.63, 3.8) is 0 Å². The summed E-state index contributed by atoms with van der Waals surface area (Å²) in [7, 11) is 0. The molecule has 0 aliphatic carbocycles. The molecule has 0 heterocycles. The number of halogens is 2. The highest BCUT2D eigenvalue weighted by Crippen LogP contribution is 2.25. The molecule has 5 heteroatoms. The minimum Gasteiger partial charge on any atom is -0.478 e. The molecule has 0 spiro atoms. The van der Waals surface area contributed by atoms with Gasteiger partial charge in [0.15, 0.2) is 6.10 Å². The molecule has 110 valence electrons. The fourth-order valence-corrected chi connectivity index (χ4v) is 2.23. The van der Waals surface area contributed by atoms with Crippen molar-refractivity contribution >= 4 is 29.2 Å². The van der Waals surface area contributed by atoms with Crippen LogP contribution >= 0.6 is 23.2 Å². The molecule has 0 amide bonds. The van der Waals surface area contributed by atoms with Gasteiger partial charge in [0.2, 0.25) is 0 Å². The van der Waals surface area contributed by atoms with Crippen molar-refractivity contribution in [3.05, 3.63) is 63.6 Å². The lowest BCUT2D eigenvalue weighted by Crippen LogP contribution is -2.29. The number of hydrogen-bond donors (Lipinski definition) is 1. The number of carboxylic acids is 1. The molecule has 0 bridgehead atoms. The molecule has 2 aromatic carbocycles. The lowest BCUT2D eigenvalue weighted by atomic mass is 10.1. The van der Waals surface area contributed by atoms with Crippen molar-refractivity contribution < 1.29 is 14.6 Å². The third-order valence-corrected chi connectivity index (χ3v) is 3.76. The van der Waals surface area contributed by atoms with Crippen LogP contribution in [-0.4, -0.2) is 17.2 Å². The zero-order chi connectivity index (χ0) is 15.4. The Morgan fingerprint density at radius 1 is 1.19 bits per heavy atom. The molecule has 0 unspecified atom stereocenters. The second-order valence-electron chi connectivity index (χ2n) is 4.66. The molecule has 0 aliphatic heterocycles. The number of carbonyl (C=O) groups is 1. The standard InChI is InChI=1S/C16H14Cl2O3/c1-10-6-7-11(8-13(10)18)9-15(16(19)20)21-14-5-3-2-4-12(14)17/h2-8,15H,9H2,1H3,(H,19,20)/t15-/m0/s1. The molecule has 0 aromatic heterocycles. The normalized spacial score (nSPS) is 12.0. The summed E-state index contributed by atoms with van der Waals surface area (Å²) in [5, 5.41) is 10.3. The smallest absolute Gasteiger partial charge is 0.345 e. The zero-order valence-electron chi connectivity index (χ0n) is 11.3. The van der Waals surface area contributed by atoms with Gasteiger partial charge in [-0.1, -0.05) is 47.5 Å². The summed E-state index contributed by atoms with van der Waals surface area (Å²) >= 11 is 12.0. The second-order valence-corrected chi connectivity index (χ2v) is 5.48. The number of para-hydroxylation sites is 1. The SMILES string of the molecule is Cc1ccc(C[C@H](Oc2ccccc2Cl)C(=O)O)cc1Cl. The summed E-state index contributed by atoms with van der Waals surface area (Å²) in [6.07, 6.45) is -0.815. The van der Waals surface area contributed by atoms with Gasteiger partial charge in [0.25, 0.3) is 0 Å². The van der Waals surface area contributed by atoms with Crippen LogP contribution in [-0.2, 0) is 11.2 Å². The monoisotopic (exact) mass is 324 g/mol. The summed E-state index contributed by atoms with van der Waals surface area (Å²) in [6, 6.07) is 12.2. The number of benzene rings is 2. The lowest BCUT2D eigenvalue weighted by molar-refractivity contribution is -0.145. The van der Waals surface area contributed by atoms with Crippen LogP contribution in [0.3, 0.4) is 0 Å². The zero-order valence-corrected chi connectivity index (χ0v) is 12.9. The van der Waals surface area contributed by atoms with Gasteiger partial charge >= 0.3 is 5.97 Å². The van der Waals surface area contributed by atoms with E-state index < -0.39 is 12.1 Å². The molecule has 2 aromatic rings. The van der Waals surface area contributed by atoms with Crippen LogP contribution < -0.4 is 4.74 Å². The largest absolute Gasteiger partial charge is 0.478 e. The Bertz CT molecular complexity index is 656. The van der Waals surface area contributed by atoms with Gasteiger partial charge < -0.3 is 9.84 Å². The van der Waals surface area contributed by atoms with E-state index in [-0.39, 0.29) is 6.42 Å². The van der Waals surface area contributed by atoms with Gasteiger partial charge in [0, 0.05) is 11.4 Å². The van der Waals surface area contributed by atoms with E-state index in [1.165, 1.54) is 0 Å². The predicted octanol–water partition coefficient (Wildman–Crippen LogP) is 4.38. The van der Waals surface area contributed by atoms with E-state index in [4.69, 9.17) is 27.9 Å². The van der Waals surface area contributed by atoms with E-state index in [0.29, 0.717) is 15.8 Å². The highest BCUT2D eigenvalue weighted by molar-refractivity contribution is 6.32. The van der Waals surface area contributed by atoms with Crippen molar-refractivity contribution in [1.82, 2.24) is 0 Å². The van der Waals surface area contributed by atoms with E-state index in [2.05, 4.69) is 0 Å². The quantitative estimate of drug-likeness (QED) is 0.887. The van der Waals surface area contributed by atoms with Crippen LogP contribution in [0.5, 0.6) is 5.75 Å². The van der Waals surface area contributed by atoms with Gasteiger partial charge in [0.05, 0.1) is 5.02 Å². The third kappa shape index (κ3) is 4.13. The van der Waals surface area contributed by atoms with Gasteiger partial charge in [-0.2, -0.15) is 0 Å². The maximum absolute atomic E-state index is 11.4. The topological polar surface area (TPSA) is 46.5 Å².